The lowest BCUT2D eigenvalue weighted by Gasteiger charge is -2.20. The molecule has 4 aromatic rings. The van der Waals surface area contributed by atoms with E-state index in [0.29, 0.717) is 16.8 Å². The fourth-order valence-electron chi connectivity index (χ4n) is 3.39. The summed E-state index contributed by atoms with van der Waals surface area (Å²) < 4.78 is 38.9. The first kappa shape index (κ1) is 24.3. The van der Waals surface area contributed by atoms with Crippen molar-refractivity contribution in [2.24, 2.45) is 5.73 Å². The first-order valence-electron chi connectivity index (χ1n) is 10.6. The standard InChI is InChI=1S/C23H22F2N8O3/c1-35-16-11-14(12-17(18(16)25)36-10-7-24)19(30-15-5-3-13(4-6-15)20(26)27)21-31-23(34)33(32-21)22-28-8-2-9-29-22/h2-6,8-9,11-12,19,30H,7,10H2,1H3,(H3,26,27)(H,31,32,34)/t19-/m0/s1. The molecule has 13 heteroatoms. The van der Waals surface area contributed by atoms with Crippen LogP contribution in [-0.2, 0) is 0 Å². The fraction of sp³-hybridized carbons (Fsp3) is 0.174. The quantitative estimate of drug-likeness (QED) is 0.192. The van der Waals surface area contributed by atoms with Gasteiger partial charge in [0.2, 0.25) is 5.82 Å². The second kappa shape index (κ2) is 10.6. The maximum Gasteiger partial charge on any atom is 0.350 e. The zero-order valence-corrected chi connectivity index (χ0v) is 19.0. The summed E-state index contributed by atoms with van der Waals surface area (Å²) in [5.41, 5.74) is 6.42. The van der Waals surface area contributed by atoms with Crippen LogP contribution in [0.3, 0.4) is 0 Å². The van der Waals surface area contributed by atoms with Crippen molar-refractivity contribution in [1.82, 2.24) is 24.7 Å². The summed E-state index contributed by atoms with van der Waals surface area (Å²) in [7, 11) is 1.29. The number of nitrogen functional groups attached to an aromatic ring is 1. The number of H-pyrrole nitrogens is 1. The molecule has 1 atom stereocenters. The van der Waals surface area contributed by atoms with Crippen LogP contribution in [-0.4, -0.2) is 51.0 Å². The van der Waals surface area contributed by atoms with E-state index in [9.17, 15) is 13.6 Å². The molecular weight excluding hydrogens is 474 g/mol. The lowest BCUT2D eigenvalue weighted by atomic mass is 10.0. The zero-order chi connectivity index (χ0) is 25.7. The van der Waals surface area contributed by atoms with E-state index in [1.54, 1.807) is 30.3 Å². The van der Waals surface area contributed by atoms with Gasteiger partial charge in [-0.3, -0.25) is 10.4 Å². The highest BCUT2D eigenvalue weighted by Crippen LogP contribution is 2.34. The molecule has 11 nitrogen and oxygen atoms in total. The van der Waals surface area contributed by atoms with Gasteiger partial charge in [0.25, 0.3) is 5.95 Å². The van der Waals surface area contributed by atoms with E-state index in [4.69, 9.17) is 20.6 Å². The topological polar surface area (TPSA) is 157 Å². The van der Waals surface area contributed by atoms with Crippen LogP contribution in [0.1, 0.15) is 23.0 Å². The third-order valence-corrected chi connectivity index (χ3v) is 5.07. The molecule has 0 amide bonds. The van der Waals surface area contributed by atoms with Gasteiger partial charge in [0, 0.05) is 23.6 Å². The Morgan fingerprint density at radius 1 is 1.22 bits per heavy atom. The molecule has 4 rings (SSSR count). The Labute approximate surface area is 203 Å². The summed E-state index contributed by atoms with van der Waals surface area (Å²) in [6, 6.07) is 10.2. The van der Waals surface area contributed by atoms with Crippen molar-refractivity contribution in [3.8, 4) is 17.4 Å². The number of benzene rings is 2. The van der Waals surface area contributed by atoms with E-state index in [1.807, 2.05) is 0 Å². The molecule has 2 heterocycles. The van der Waals surface area contributed by atoms with Gasteiger partial charge in [0.1, 0.15) is 25.2 Å². The van der Waals surface area contributed by atoms with E-state index in [1.165, 1.54) is 31.6 Å². The minimum Gasteiger partial charge on any atom is -0.494 e. The minimum absolute atomic E-state index is 0.0539. The number of halogens is 2. The Morgan fingerprint density at radius 3 is 2.56 bits per heavy atom. The van der Waals surface area contributed by atoms with Gasteiger partial charge in [-0.2, -0.15) is 4.39 Å². The fourth-order valence-corrected chi connectivity index (χ4v) is 3.39. The molecule has 0 radical (unpaired) electrons. The number of aromatic amines is 1. The Hall–Kier alpha value is -4.81. The second-order valence-electron chi connectivity index (χ2n) is 7.42. The Bertz CT molecular complexity index is 1410. The van der Waals surface area contributed by atoms with E-state index in [2.05, 4.69) is 25.4 Å². The highest BCUT2D eigenvalue weighted by molar-refractivity contribution is 5.95. The summed E-state index contributed by atoms with van der Waals surface area (Å²) in [6.45, 7) is -1.17. The van der Waals surface area contributed by atoms with Gasteiger partial charge in [0.05, 0.1) is 7.11 Å². The van der Waals surface area contributed by atoms with Gasteiger partial charge in [-0.25, -0.2) is 19.2 Å². The molecular formula is C23H22F2N8O3. The van der Waals surface area contributed by atoms with Crippen molar-refractivity contribution in [2.45, 2.75) is 6.04 Å². The zero-order valence-electron chi connectivity index (χ0n) is 19.0. The maximum atomic E-state index is 14.8. The molecule has 0 saturated carbocycles. The van der Waals surface area contributed by atoms with Gasteiger partial charge in [-0.05, 0) is 48.0 Å². The van der Waals surface area contributed by atoms with Crippen LogP contribution < -0.4 is 26.2 Å². The first-order chi connectivity index (χ1) is 17.4. The molecule has 36 heavy (non-hydrogen) atoms. The number of hydrogen-bond donors (Lipinski definition) is 4. The molecule has 0 unspecified atom stereocenters. The summed E-state index contributed by atoms with van der Waals surface area (Å²) >= 11 is 0. The van der Waals surface area contributed by atoms with E-state index in [-0.39, 0.29) is 35.7 Å². The number of anilines is 1. The lowest BCUT2D eigenvalue weighted by molar-refractivity contribution is 0.257. The van der Waals surface area contributed by atoms with E-state index < -0.39 is 24.2 Å². The number of aromatic nitrogens is 5. The number of nitrogens with one attached hydrogen (secondary N) is 3. The van der Waals surface area contributed by atoms with Gasteiger partial charge < -0.3 is 20.5 Å². The van der Waals surface area contributed by atoms with E-state index >= 15 is 0 Å². The molecule has 0 aliphatic rings. The number of hydrogen-bond acceptors (Lipinski definition) is 8. The molecule has 5 N–H and O–H groups in total. The first-order valence-corrected chi connectivity index (χ1v) is 10.6. The van der Waals surface area contributed by atoms with Crippen molar-refractivity contribution >= 4 is 11.5 Å². The summed E-state index contributed by atoms with van der Waals surface area (Å²) in [6.07, 6.45) is 2.93. The molecule has 0 aliphatic carbocycles. The van der Waals surface area contributed by atoms with Crippen molar-refractivity contribution in [3.05, 3.63) is 88.1 Å². The van der Waals surface area contributed by atoms with Crippen molar-refractivity contribution in [2.75, 3.05) is 25.7 Å². The van der Waals surface area contributed by atoms with Crippen LogP contribution in [0.25, 0.3) is 5.95 Å². The molecule has 0 bridgehead atoms. The van der Waals surface area contributed by atoms with Gasteiger partial charge in [-0.15, -0.1) is 9.78 Å². The number of methoxy groups -OCH3 is 1. The van der Waals surface area contributed by atoms with Crippen molar-refractivity contribution in [3.63, 3.8) is 0 Å². The Morgan fingerprint density at radius 2 is 1.92 bits per heavy atom. The van der Waals surface area contributed by atoms with Crippen LogP contribution in [0.4, 0.5) is 14.5 Å². The molecule has 2 aromatic heterocycles. The number of alkyl halides is 1. The smallest absolute Gasteiger partial charge is 0.350 e. The van der Waals surface area contributed by atoms with Crippen LogP contribution in [0.2, 0.25) is 0 Å². The van der Waals surface area contributed by atoms with Crippen LogP contribution in [0, 0.1) is 11.2 Å². The highest BCUT2D eigenvalue weighted by Gasteiger charge is 2.24. The van der Waals surface area contributed by atoms with Gasteiger partial charge in [0.15, 0.2) is 17.3 Å². The maximum absolute atomic E-state index is 14.8. The van der Waals surface area contributed by atoms with Gasteiger partial charge >= 0.3 is 5.69 Å². The van der Waals surface area contributed by atoms with Gasteiger partial charge in [-0.1, -0.05) is 0 Å². The number of ether oxygens (including phenoxy) is 2. The number of nitrogens with two attached hydrogens (primary N) is 1. The van der Waals surface area contributed by atoms with Crippen LogP contribution in [0.15, 0.2) is 59.7 Å². The molecule has 0 saturated heterocycles. The Balaban J connectivity index is 1.82. The number of nitrogens with zero attached hydrogens (tertiary/aromatic N) is 4. The third kappa shape index (κ3) is 5.14. The molecule has 0 spiro atoms. The average Bonchev–Trinajstić information content (AvgIpc) is 3.28. The summed E-state index contributed by atoms with van der Waals surface area (Å²) in [5, 5.41) is 15.1. The highest BCUT2D eigenvalue weighted by atomic mass is 19.1. The van der Waals surface area contributed by atoms with Crippen LogP contribution in [0.5, 0.6) is 11.5 Å². The molecule has 186 valence electrons. The summed E-state index contributed by atoms with van der Waals surface area (Å²) in [5.74, 6) is -1.06. The Kier molecular flexibility index (Phi) is 7.18. The number of amidine groups is 1. The predicted molar refractivity (Wildman–Crippen MR) is 127 cm³/mol. The molecule has 0 aliphatic heterocycles. The molecule has 2 aromatic carbocycles. The third-order valence-electron chi connectivity index (χ3n) is 5.07. The van der Waals surface area contributed by atoms with Crippen molar-refractivity contribution < 1.29 is 18.3 Å². The monoisotopic (exact) mass is 496 g/mol. The predicted octanol–water partition coefficient (Wildman–Crippen LogP) is 2.33. The van der Waals surface area contributed by atoms with Crippen LogP contribution >= 0.6 is 0 Å². The lowest BCUT2D eigenvalue weighted by Crippen LogP contribution is -2.18. The SMILES string of the molecule is COc1cc([C@H](Nc2ccc(C(=N)N)cc2)c2nn(-c3ncccn3)c(=O)[nH]2)cc(OCCF)c1F. The van der Waals surface area contributed by atoms with E-state index in [0.717, 1.165) is 4.68 Å². The normalized spacial score (nSPS) is 11.6. The average molecular weight is 496 g/mol. The minimum atomic E-state index is -0.854. The summed E-state index contributed by atoms with van der Waals surface area (Å²) in [4.78, 5) is 23.4. The largest absolute Gasteiger partial charge is 0.494 e. The second-order valence-corrected chi connectivity index (χ2v) is 7.42. The molecule has 0 fully saturated rings. The van der Waals surface area contributed by atoms with Crippen molar-refractivity contribution in [1.29, 1.82) is 5.41 Å². The number of rotatable bonds is 10.